The minimum atomic E-state index is -1.13. The highest BCUT2D eigenvalue weighted by atomic mass is 19.1. The number of carbonyl (C=O) groups excluding carboxylic acids is 2. The number of nitrogens with one attached hydrogen (secondary N) is 1. The van der Waals surface area contributed by atoms with Gasteiger partial charge in [-0.05, 0) is 36.4 Å². The first-order valence-electron chi connectivity index (χ1n) is 11.5. The van der Waals surface area contributed by atoms with Crippen LogP contribution in [0, 0.1) is 28.9 Å². The molecule has 1 aliphatic rings. The third kappa shape index (κ3) is 5.84. The molecular formula is C28H22F2N4O4. The number of halogens is 2. The molecule has 8 nitrogen and oxygen atoms in total. The zero-order valence-electron chi connectivity index (χ0n) is 20.0. The van der Waals surface area contributed by atoms with E-state index in [4.69, 9.17) is 16.2 Å². The van der Waals surface area contributed by atoms with Gasteiger partial charge in [0.25, 0.3) is 5.91 Å². The lowest BCUT2D eigenvalue weighted by Crippen LogP contribution is -2.40. The fourth-order valence-electron chi connectivity index (χ4n) is 3.93. The first kappa shape index (κ1) is 26.0. The average molecular weight is 517 g/mol. The standard InChI is InChI=1S/C28H22F2N4O4/c29-21-9-8-20(23(30)14-21)15-34-24-10-5-18(2-1-17-3-6-19(7-4-17)27(31)32)13-22(24)28(38)33(16-25(34)35)12-11-26(36)37/h3-10,13-14H,11-12,15-16H2,(H3,31,32)(H,36,37). The van der Waals surface area contributed by atoms with Crippen LogP contribution in [0.3, 0.4) is 0 Å². The highest BCUT2D eigenvalue weighted by Gasteiger charge is 2.32. The van der Waals surface area contributed by atoms with Gasteiger partial charge in [0.15, 0.2) is 0 Å². The molecule has 4 N–H and O–H groups in total. The molecular weight excluding hydrogens is 494 g/mol. The molecule has 0 aromatic heterocycles. The van der Waals surface area contributed by atoms with E-state index in [0.29, 0.717) is 22.8 Å². The van der Waals surface area contributed by atoms with E-state index < -0.39 is 36.0 Å². The smallest absolute Gasteiger partial charge is 0.305 e. The van der Waals surface area contributed by atoms with Gasteiger partial charge in [-0.1, -0.05) is 30.0 Å². The van der Waals surface area contributed by atoms with E-state index in [9.17, 15) is 23.2 Å². The van der Waals surface area contributed by atoms with Crippen molar-refractivity contribution in [3.05, 3.63) is 100 Å². The van der Waals surface area contributed by atoms with Crippen molar-refractivity contribution in [2.24, 2.45) is 5.73 Å². The van der Waals surface area contributed by atoms with Gasteiger partial charge in [-0.3, -0.25) is 19.8 Å². The maximum Gasteiger partial charge on any atom is 0.305 e. The van der Waals surface area contributed by atoms with Crippen molar-refractivity contribution >= 4 is 29.3 Å². The minimum absolute atomic E-state index is 0.0509. The number of carboxylic acids is 1. The van der Waals surface area contributed by atoms with Gasteiger partial charge >= 0.3 is 5.97 Å². The third-order valence-corrected chi connectivity index (χ3v) is 5.92. The Kier molecular flexibility index (Phi) is 7.48. The SMILES string of the molecule is N=C(N)c1ccc(C#Cc2ccc3c(c2)C(=O)N(CCC(=O)O)CC(=O)N3Cc2ccc(F)cc2F)cc1. The summed E-state index contributed by atoms with van der Waals surface area (Å²) in [5.41, 5.74) is 7.47. The van der Waals surface area contributed by atoms with Gasteiger partial charge in [0.1, 0.15) is 24.0 Å². The molecule has 0 saturated heterocycles. The van der Waals surface area contributed by atoms with E-state index in [1.54, 1.807) is 30.3 Å². The zero-order chi connectivity index (χ0) is 27.4. The normalized spacial score (nSPS) is 12.9. The van der Waals surface area contributed by atoms with Crippen molar-refractivity contribution in [3.8, 4) is 11.8 Å². The molecule has 1 heterocycles. The lowest BCUT2D eigenvalue weighted by Gasteiger charge is -2.23. The molecule has 192 valence electrons. The molecule has 0 aliphatic carbocycles. The molecule has 3 aromatic rings. The number of carboxylic acid groups (broad SMARTS) is 1. The Morgan fingerprint density at radius 2 is 1.68 bits per heavy atom. The molecule has 0 radical (unpaired) electrons. The van der Waals surface area contributed by atoms with Gasteiger partial charge in [0, 0.05) is 34.9 Å². The number of anilines is 1. The van der Waals surface area contributed by atoms with Crippen LogP contribution in [-0.4, -0.2) is 46.7 Å². The molecule has 0 saturated carbocycles. The van der Waals surface area contributed by atoms with Crippen LogP contribution < -0.4 is 10.6 Å². The second-order valence-corrected chi connectivity index (χ2v) is 8.56. The second-order valence-electron chi connectivity index (χ2n) is 8.56. The van der Waals surface area contributed by atoms with Crippen LogP contribution in [0.15, 0.2) is 60.7 Å². The van der Waals surface area contributed by atoms with E-state index in [-0.39, 0.29) is 42.2 Å². The number of hydrogen-bond acceptors (Lipinski definition) is 4. The summed E-state index contributed by atoms with van der Waals surface area (Å²) in [7, 11) is 0. The fraction of sp³-hybridized carbons (Fsp3) is 0.143. The van der Waals surface area contributed by atoms with Gasteiger partial charge in [-0.2, -0.15) is 0 Å². The summed E-state index contributed by atoms with van der Waals surface area (Å²) in [4.78, 5) is 40.0. The van der Waals surface area contributed by atoms with Crippen molar-refractivity contribution in [3.63, 3.8) is 0 Å². The number of benzene rings is 3. The molecule has 3 aromatic carbocycles. The lowest BCUT2D eigenvalue weighted by atomic mass is 10.1. The fourth-order valence-corrected chi connectivity index (χ4v) is 3.93. The Bertz CT molecular complexity index is 1510. The second kappa shape index (κ2) is 10.9. The molecule has 0 atom stereocenters. The van der Waals surface area contributed by atoms with Crippen LogP contribution in [0.5, 0.6) is 0 Å². The molecule has 10 heteroatoms. The van der Waals surface area contributed by atoms with Crippen LogP contribution >= 0.6 is 0 Å². The van der Waals surface area contributed by atoms with Crippen LogP contribution in [0.25, 0.3) is 0 Å². The van der Waals surface area contributed by atoms with E-state index in [0.717, 1.165) is 11.0 Å². The molecule has 0 spiro atoms. The van der Waals surface area contributed by atoms with Gasteiger partial charge in [0.2, 0.25) is 5.91 Å². The largest absolute Gasteiger partial charge is 0.481 e. The number of rotatable bonds is 6. The molecule has 0 fully saturated rings. The molecule has 0 unspecified atom stereocenters. The van der Waals surface area contributed by atoms with Gasteiger partial charge in [-0.25, -0.2) is 8.78 Å². The molecule has 2 amide bonds. The van der Waals surface area contributed by atoms with Crippen LogP contribution in [0.4, 0.5) is 14.5 Å². The topological polar surface area (TPSA) is 128 Å². The first-order chi connectivity index (χ1) is 18.1. The van der Waals surface area contributed by atoms with Crippen molar-refractivity contribution in [1.29, 1.82) is 5.41 Å². The Morgan fingerprint density at radius 1 is 1.00 bits per heavy atom. The first-order valence-corrected chi connectivity index (χ1v) is 11.5. The van der Waals surface area contributed by atoms with Gasteiger partial charge in [-0.15, -0.1) is 0 Å². The maximum atomic E-state index is 14.4. The summed E-state index contributed by atoms with van der Waals surface area (Å²) < 4.78 is 27.8. The number of nitrogens with two attached hydrogens (primary N) is 1. The van der Waals surface area contributed by atoms with E-state index in [1.807, 2.05) is 0 Å². The predicted molar refractivity (Wildman–Crippen MR) is 136 cm³/mol. The third-order valence-electron chi connectivity index (χ3n) is 5.92. The number of fused-ring (bicyclic) bond motifs is 1. The number of nitrogen functional groups attached to an aromatic ring is 1. The molecule has 1 aliphatic heterocycles. The Morgan fingerprint density at radius 3 is 2.34 bits per heavy atom. The lowest BCUT2D eigenvalue weighted by molar-refractivity contribution is -0.137. The zero-order valence-corrected chi connectivity index (χ0v) is 20.0. The number of carbonyl (C=O) groups is 3. The van der Waals surface area contributed by atoms with Gasteiger partial charge < -0.3 is 20.6 Å². The van der Waals surface area contributed by atoms with Crippen molar-refractivity contribution in [1.82, 2.24) is 4.90 Å². The number of aliphatic carboxylic acids is 1. The van der Waals surface area contributed by atoms with Crippen LogP contribution in [-0.2, 0) is 16.1 Å². The highest BCUT2D eigenvalue weighted by Crippen LogP contribution is 2.29. The number of amidine groups is 1. The number of amides is 2. The van der Waals surface area contributed by atoms with E-state index >= 15 is 0 Å². The summed E-state index contributed by atoms with van der Waals surface area (Å²) in [6.07, 6.45) is -0.364. The summed E-state index contributed by atoms with van der Waals surface area (Å²) in [5.74, 6) is 2.01. The van der Waals surface area contributed by atoms with Crippen molar-refractivity contribution < 1.29 is 28.3 Å². The van der Waals surface area contributed by atoms with Gasteiger partial charge in [0.05, 0.1) is 24.2 Å². The molecule has 4 rings (SSSR count). The van der Waals surface area contributed by atoms with Crippen molar-refractivity contribution in [2.75, 3.05) is 18.0 Å². The Balaban J connectivity index is 1.72. The highest BCUT2D eigenvalue weighted by molar-refractivity contribution is 6.09. The molecule has 38 heavy (non-hydrogen) atoms. The summed E-state index contributed by atoms with van der Waals surface area (Å²) in [5, 5.41) is 16.6. The maximum absolute atomic E-state index is 14.4. The Hall–Kier alpha value is -5.04. The number of nitrogens with zero attached hydrogens (tertiary/aromatic N) is 2. The number of hydrogen-bond donors (Lipinski definition) is 3. The minimum Gasteiger partial charge on any atom is -0.481 e. The summed E-state index contributed by atoms with van der Waals surface area (Å²) in [6, 6.07) is 14.4. The summed E-state index contributed by atoms with van der Waals surface area (Å²) in [6.45, 7) is -0.866. The Labute approximate surface area is 216 Å². The van der Waals surface area contributed by atoms with E-state index in [2.05, 4.69) is 11.8 Å². The summed E-state index contributed by atoms with van der Waals surface area (Å²) >= 11 is 0. The van der Waals surface area contributed by atoms with E-state index in [1.165, 1.54) is 23.1 Å². The molecule has 0 bridgehead atoms. The monoisotopic (exact) mass is 516 g/mol. The quantitative estimate of drug-likeness (QED) is 0.264. The average Bonchev–Trinajstić information content (AvgIpc) is 2.97. The van der Waals surface area contributed by atoms with Crippen LogP contribution in [0.2, 0.25) is 0 Å². The van der Waals surface area contributed by atoms with Crippen molar-refractivity contribution in [2.45, 2.75) is 13.0 Å². The predicted octanol–water partition coefficient (Wildman–Crippen LogP) is 3.11. The van der Waals surface area contributed by atoms with Crippen LogP contribution in [0.1, 0.15) is 39.0 Å².